The van der Waals surface area contributed by atoms with E-state index in [1.165, 1.54) is 0 Å². The van der Waals surface area contributed by atoms with Crippen molar-refractivity contribution in [1.82, 2.24) is 25.1 Å². The van der Waals surface area contributed by atoms with Gasteiger partial charge in [-0.05, 0) is 25.1 Å². The topological polar surface area (TPSA) is 77.7 Å². The van der Waals surface area contributed by atoms with E-state index in [1.54, 1.807) is 18.0 Å². The largest absolute Gasteiger partial charge is 0.340 e. The van der Waals surface area contributed by atoms with E-state index >= 15 is 0 Å². The first-order valence-corrected chi connectivity index (χ1v) is 6.34. The first-order chi connectivity index (χ1) is 9.63. The molecule has 2 heterocycles. The van der Waals surface area contributed by atoms with Crippen LogP contribution in [0.25, 0.3) is 11.0 Å². The summed E-state index contributed by atoms with van der Waals surface area (Å²) in [4.78, 5) is 21.4. The predicted molar refractivity (Wildman–Crippen MR) is 75.2 cm³/mol. The van der Waals surface area contributed by atoms with Crippen molar-refractivity contribution in [1.29, 1.82) is 0 Å². The van der Waals surface area contributed by atoms with Crippen molar-refractivity contribution < 1.29 is 4.79 Å². The van der Waals surface area contributed by atoms with Crippen LogP contribution in [-0.2, 0) is 6.54 Å². The van der Waals surface area contributed by atoms with Crippen LogP contribution in [0.1, 0.15) is 22.0 Å². The van der Waals surface area contributed by atoms with E-state index in [0.717, 1.165) is 22.6 Å². The van der Waals surface area contributed by atoms with E-state index in [4.69, 9.17) is 0 Å². The van der Waals surface area contributed by atoms with Crippen molar-refractivity contribution >= 4 is 16.9 Å². The van der Waals surface area contributed by atoms with E-state index in [9.17, 15) is 4.79 Å². The molecule has 6 heteroatoms. The van der Waals surface area contributed by atoms with E-state index < -0.39 is 0 Å². The lowest BCUT2D eigenvalue weighted by molar-refractivity contribution is 0.0776. The Labute approximate surface area is 115 Å². The Morgan fingerprint density at radius 3 is 2.85 bits per heavy atom. The summed E-state index contributed by atoms with van der Waals surface area (Å²) >= 11 is 0. The highest BCUT2D eigenvalue weighted by molar-refractivity contribution is 5.92. The summed E-state index contributed by atoms with van der Waals surface area (Å²) in [6.07, 6.45) is 0. The number of aromatic nitrogens is 4. The Hall–Kier alpha value is -2.63. The van der Waals surface area contributed by atoms with E-state index in [2.05, 4.69) is 20.2 Å². The van der Waals surface area contributed by atoms with Crippen LogP contribution in [0.15, 0.2) is 30.3 Å². The van der Waals surface area contributed by atoms with Gasteiger partial charge in [0.05, 0.1) is 17.6 Å². The van der Waals surface area contributed by atoms with Gasteiger partial charge in [-0.2, -0.15) is 5.10 Å². The number of para-hydroxylation sites is 2. The SMILES string of the molecule is Cc1cc(C(=O)N(C)Cc2nc3ccccc3[nH]2)n[nH]1. The quantitative estimate of drug-likeness (QED) is 0.762. The van der Waals surface area contributed by atoms with Gasteiger partial charge in [0.25, 0.3) is 5.91 Å². The molecule has 0 spiro atoms. The third kappa shape index (κ3) is 2.27. The minimum atomic E-state index is -0.130. The maximum atomic E-state index is 12.2. The average Bonchev–Trinajstić information content (AvgIpc) is 3.03. The minimum Gasteiger partial charge on any atom is -0.340 e. The predicted octanol–water partition coefficient (Wildman–Crippen LogP) is 1.87. The molecule has 20 heavy (non-hydrogen) atoms. The van der Waals surface area contributed by atoms with Gasteiger partial charge < -0.3 is 9.88 Å². The van der Waals surface area contributed by atoms with Gasteiger partial charge in [0, 0.05) is 12.7 Å². The molecule has 0 saturated carbocycles. The number of amides is 1. The number of hydrogen-bond acceptors (Lipinski definition) is 3. The third-order valence-electron chi connectivity index (χ3n) is 3.10. The number of imidazole rings is 1. The number of aromatic amines is 2. The summed E-state index contributed by atoms with van der Waals surface area (Å²) < 4.78 is 0. The van der Waals surface area contributed by atoms with E-state index in [-0.39, 0.29) is 5.91 Å². The summed E-state index contributed by atoms with van der Waals surface area (Å²) in [7, 11) is 1.74. The zero-order chi connectivity index (χ0) is 14.1. The molecule has 0 aliphatic carbocycles. The number of benzene rings is 1. The molecule has 0 aliphatic rings. The molecule has 0 aliphatic heterocycles. The molecule has 0 bridgehead atoms. The number of nitrogens with zero attached hydrogens (tertiary/aromatic N) is 3. The van der Waals surface area contributed by atoms with E-state index in [1.807, 2.05) is 31.2 Å². The number of carbonyl (C=O) groups excluding carboxylic acids is 1. The van der Waals surface area contributed by atoms with Gasteiger partial charge in [-0.1, -0.05) is 12.1 Å². The van der Waals surface area contributed by atoms with Gasteiger partial charge >= 0.3 is 0 Å². The summed E-state index contributed by atoms with van der Waals surface area (Å²) in [6, 6.07) is 9.52. The van der Waals surface area contributed by atoms with Crippen molar-refractivity contribution in [3.05, 3.63) is 47.5 Å². The Morgan fingerprint density at radius 2 is 2.15 bits per heavy atom. The molecule has 1 amide bonds. The monoisotopic (exact) mass is 269 g/mol. The van der Waals surface area contributed by atoms with Crippen LogP contribution in [0.5, 0.6) is 0 Å². The maximum Gasteiger partial charge on any atom is 0.274 e. The Morgan fingerprint density at radius 1 is 1.35 bits per heavy atom. The van der Waals surface area contributed by atoms with Gasteiger partial charge in [-0.25, -0.2) is 4.98 Å². The molecule has 102 valence electrons. The highest BCUT2D eigenvalue weighted by Gasteiger charge is 2.16. The number of hydrogen-bond donors (Lipinski definition) is 2. The Bertz CT molecular complexity index is 725. The van der Waals surface area contributed by atoms with Gasteiger partial charge in [-0.15, -0.1) is 0 Å². The molecule has 0 saturated heterocycles. The first kappa shape index (κ1) is 12.4. The molecule has 6 nitrogen and oxygen atoms in total. The van der Waals surface area contributed by atoms with Crippen LogP contribution in [0.4, 0.5) is 0 Å². The second-order valence-electron chi connectivity index (χ2n) is 4.80. The Balaban J connectivity index is 1.78. The second kappa shape index (κ2) is 4.80. The molecular formula is C14H15N5O. The average molecular weight is 269 g/mol. The van der Waals surface area contributed by atoms with Crippen LogP contribution >= 0.6 is 0 Å². The molecule has 2 N–H and O–H groups in total. The normalized spacial score (nSPS) is 10.9. The lowest BCUT2D eigenvalue weighted by atomic mass is 10.3. The number of nitrogens with one attached hydrogen (secondary N) is 2. The smallest absolute Gasteiger partial charge is 0.274 e. The van der Waals surface area contributed by atoms with Crippen LogP contribution in [0, 0.1) is 6.92 Å². The lowest BCUT2D eigenvalue weighted by Crippen LogP contribution is -2.27. The van der Waals surface area contributed by atoms with Crippen molar-refractivity contribution in [3.63, 3.8) is 0 Å². The molecule has 0 radical (unpaired) electrons. The molecule has 2 aromatic heterocycles. The van der Waals surface area contributed by atoms with Crippen LogP contribution in [0.2, 0.25) is 0 Å². The van der Waals surface area contributed by atoms with Gasteiger partial charge in [-0.3, -0.25) is 9.89 Å². The van der Waals surface area contributed by atoms with Crippen LogP contribution < -0.4 is 0 Å². The van der Waals surface area contributed by atoms with Crippen LogP contribution in [-0.4, -0.2) is 38.0 Å². The molecule has 0 fully saturated rings. The number of fused-ring (bicyclic) bond motifs is 1. The third-order valence-corrected chi connectivity index (χ3v) is 3.10. The van der Waals surface area contributed by atoms with Crippen molar-refractivity contribution in [2.24, 2.45) is 0 Å². The molecule has 3 aromatic rings. The molecule has 0 unspecified atom stereocenters. The zero-order valence-electron chi connectivity index (χ0n) is 11.3. The minimum absolute atomic E-state index is 0.130. The van der Waals surface area contributed by atoms with Gasteiger partial charge in [0.2, 0.25) is 0 Å². The summed E-state index contributed by atoms with van der Waals surface area (Å²) in [6.45, 7) is 2.28. The lowest BCUT2D eigenvalue weighted by Gasteiger charge is -2.13. The zero-order valence-corrected chi connectivity index (χ0v) is 11.3. The summed E-state index contributed by atoms with van der Waals surface area (Å²) in [5.41, 5.74) is 3.16. The fourth-order valence-corrected chi connectivity index (χ4v) is 2.10. The summed E-state index contributed by atoms with van der Waals surface area (Å²) in [5, 5.41) is 6.74. The van der Waals surface area contributed by atoms with E-state index in [0.29, 0.717) is 12.2 Å². The molecule has 3 rings (SSSR count). The van der Waals surface area contributed by atoms with Gasteiger partial charge in [0.15, 0.2) is 0 Å². The summed E-state index contributed by atoms with van der Waals surface area (Å²) in [5.74, 6) is 0.629. The highest BCUT2D eigenvalue weighted by Crippen LogP contribution is 2.12. The van der Waals surface area contributed by atoms with Crippen molar-refractivity contribution in [2.45, 2.75) is 13.5 Å². The highest BCUT2D eigenvalue weighted by atomic mass is 16.2. The standard InChI is InChI=1S/C14H15N5O/c1-9-7-12(18-17-9)14(20)19(2)8-13-15-10-5-3-4-6-11(10)16-13/h3-7H,8H2,1-2H3,(H,15,16)(H,17,18). The van der Waals surface area contributed by atoms with Crippen molar-refractivity contribution in [3.8, 4) is 0 Å². The first-order valence-electron chi connectivity index (χ1n) is 6.34. The number of carbonyl (C=O) groups is 1. The number of H-pyrrole nitrogens is 2. The molecule has 1 aromatic carbocycles. The van der Waals surface area contributed by atoms with Gasteiger partial charge in [0.1, 0.15) is 11.5 Å². The number of aryl methyl sites for hydroxylation is 1. The fourth-order valence-electron chi connectivity index (χ4n) is 2.10. The molecular weight excluding hydrogens is 254 g/mol. The second-order valence-corrected chi connectivity index (χ2v) is 4.80. The Kier molecular flexibility index (Phi) is 2.98. The van der Waals surface area contributed by atoms with Crippen LogP contribution in [0.3, 0.4) is 0 Å². The maximum absolute atomic E-state index is 12.2. The van der Waals surface area contributed by atoms with Crippen molar-refractivity contribution in [2.75, 3.05) is 7.05 Å². The fraction of sp³-hybridized carbons (Fsp3) is 0.214. The number of rotatable bonds is 3. The molecule has 0 atom stereocenters.